The van der Waals surface area contributed by atoms with Gasteiger partial charge in [-0.15, -0.1) is 0 Å². The molecule has 2 aromatic carbocycles. The zero-order chi connectivity index (χ0) is 15.7. The van der Waals surface area contributed by atoms with Crippen molar-refractivity contribution < 1.29 is 8.42 Å². The molecule has 2 N–H and O–H groups in total. The fourth-order valence-electron chi connectivity index (χ4n) is 2.35. The van der Waals surface area contributed by atoms with E-state index < -0.39 is 10.0 Å². The molecule has 5 nitrogen and oxygen atoms in total. The average molecular weight is 315 g/mol. The van der Waals surface area contributed by atoms with Crippen molar-refractivity contribution >= 4 is 21.7 Å². The standard InChI is InChI=1S/C16H17N3O2S/c1-11-7-9-13(10-8-11)22(20,21)19-16-17-12(2)14-5-3-4-6-15(14)18-16/h3-10,12H,1-2H3,(H2,17,18,19)/t12-/m0/s1. The van der Waals surface area contributed by atoms with Crippen molar-refractivity contribution in [3.8, 4) is 0 Å². The maximum absolute atomic E-state index is 12.4. The lowest BCUT2D eigenvalue weighted by molar-refractivity contribution is 0.592. The van der Waals surface area contributed by atoms with Gasteiger partial charge in [-0.1, -0.05) is 35.9 Å². The normalized spacial score (nSPS) is 17.2. The van der Waals surface area contributed by atoms with Gasteiger partial charge in [0, 0.05) is 5.69 Å². The van der Waals surface area contributed by atoms with Gasteiger partial charge in [-0.3, -0.25) is 0 Å². The van der Waals surface area contributed by atoms with E-state index in [1.54, 1.807) is 24.3 Å². The van der Waals surface area contributed by atoms with Gasteiger partial charge in [-0.2, -0.15) is 0 Å². The molecule has 1 aliphatic rings. The number of para-hydroxylation sites is 1. The summed E-state index contributed by atoms with van der Waals surface area (Å²) >= 11 is 0. The molecule has 0 aromatic heterocycles. The minimum absolute atomic E-state index is 0.104. The lowest BCUT2D eigenvalue weighted by Gasteiger charge is -2.23. The van der Waals surface area contributed by atoms with Crippen LogP contribution in [-0.2, 0) is 10.0 Å². The molecule has 0 saturated heterocycles. The second-order valence-corrected chi connectivity index (χ2v) is 6.97. The van der Waals surface area contributed by atoms with Crippen LogP contribution in [-0.4, -0.2) is 14.4 Å². The number of anilines is 1. The summed E-state index contributed by atoms with van der Waals surface area (Å²) in [4.78, 5) is 4.58. The lowest BCUT2D eigenvalue weighted by Crippen LogP contribution is -2.38. The van der Waals surface area contributed by atoms with Gasteiger partial charge in [0.05, 0.1) is 10.9 Å². The van der Waals surface area contributed by atoms with E-state index in [0.717, 1.165) is 16.8 Å². The molecular formula is C16H17N3O2S. The van der Waals surface area contributed by atoms with E-state index >= 15 is 0 Å². The van der Waals surface area contributed by atoms with E-state index in [1.165, 1.54) is 0 Å². The molecule has 1 atom stereocenters. The maximum Gasteiger partial charge on any atom is 0.264 e. The molecule has 114 valence electrons. The van der Waals surface area contributed by atoms with Crippen LogP contribution in [0.1, 0.15) is 24.1 Å². The monoisotopic (exact) mass is 315 g/mol. The summed E-state index contributed by atoms with van der Waals surface area (Å²) in [5.41, 5.74) is 2.92. The van der Waals surface area contributed by atoms with Crippen LogP contribution in [0.5, 0.6) is 0 Å². The zero-order valence-corrected chi connectivity index (χ0v) is 13.2. The number of hydrogen-bond donors (Lipinski definition) is 2. The van der Waals surface area contributed by atoms with Crippen molar-refractivity contribution in [1.29, 1.82) is 0 Å². The Morgan fingerprint density at radius 3 is 2.50 bits per heavy atom. The molecule has 1 aliphatic heterocycles. The minimum atomic E-state index is -3.65. The van der Waals surface area contributed by atoms with Crippen molar-refractivity contribution in [3.63, 3.8) is 0 Å². The number of aryl methyl sites for hydroxylation is 1. The molecule has 0 bridgehead atoms. The number of benzene rings is 2. The summed E-state index contributed by atoms with van der Waals surface area (Å²) < 4.78 is 27.3. The van der Waals surface area contributed by atoms with Crippen LogP contribution in [0.25, 0.3) is 0 Å². The molecule has 0 radical (unpaired) electrons. The van der Waals surface area contributed by atoms with Crippen molar-refractivity contribution in [1.82, 2.24) is 4.72 Å². The zero-order valence-electron chi connectivity index (χ0n) is 12.4. The van der Waals surface area contributed by atoms with Gasteiger partial charge in [0.25, 0.3) is 10.0 Å². The molecule has 0 saturated carbocycles. The first-order valence-electron chi connectivity index (χ1n) is 6.99. The minimum Gasteiger partial charge on any atom is -0.325 e. The summed E-state index contributed by atoms with van der Waals surface area (Å²) in [6.07, 6.45) is 0. The van der Waals surface area contributed by atoms with Gasteiger partial charge < -0.3 is 5.32 Å². The van der Waals surface area contributed by atoms with E-state index in [2.05, 4.69) is 15.0 Å². The van der Waals surface area contributed by atoms with Gasteiger partial charge in [0.15, 0.2) is 0 Å². The van der Waals surface area contributed by atoms with Crippen LogP contribution in [0.2, 0.25) is 0 Å². The molecule has 0 unspecified atom stereocenters. The Hall–Kier alpha value is -2.34. The van der Waals surface area contributed by atoms with Gasteiger partial charge in [0.1, 0.15) is 0 Å². The summed E-state index contributed by atoms with van der Waals surface area (Å²) in [7, 11) is -3.65. The van der Waals surface area contributed by atoms with Gasteiger partial charge in [-0.25, -0.2) is 18.1 Å². The van der Waals surface area contributed by atoms with Crippen LogP contribution in [0.3, 0.4) is 0 Å². The highest BCUT2D eigenvalue weighted by atomic mass is 32.2. The highest BCUT2D eigenvalue weighted by molar-refractivity contribution is 7.90. The van der Waals surface area contributed by atoms with Crippen LogP contribution in [0.15, 0.2) is 58.4 Å². The van der Waals surface area contributed by atoms with E-state index in [1.807, 2.05) is 38.1 Å². The Labute approximate surface area is 130 Å². The highest BCUT2D eigenvalue weighted by Gasteiger charge is 2.22. The summed E-state index contributed by atoms with van der Waals surface area (Å²) in [6.45, 7) is 3.84. The van der Waals surface area contributed by atoms with Gasteiger partial charge in [-0.05, 0) is 37.6 Å². The molecule has 22 heavy (non-hydrogen) atoms. The van der Waals surface area contributed by atoms with Gasteiger partial charge >= 0.3 is 0 Å². The molecule has 1 heterocycles. The first-order valence-corrected chi connectivity index (χ1v) is 8.47. The maximum atomic E-state index is 12.4. The summed E-state index contributed by atoms with van der Waals surface area (Å²) in [5, 5.41) is 3.02. The van der Waals surface area contributed by atoms with E-state index in [4.69, 9.17) is 0 Å². The van der Waals surface area contributed by atoms with E-state index in [-0.39, 0.29) is 16.9 Å². The van der Waals surface area contributed by atoms with Crippen LogP contribution >= 0.6 is 0 Å². The third kappa shape index (κ3) is 2.82. The number of sulfonamides is 1. The summed E-state index contributed by atoms with van der Waals surface area (Å²) in [6, 6.07) is 14.3. The lowest BCUT2D eigenvalue weighted by atomic mass is 10.1. The first-order chi connectivity index (χ1) is 10.5. The molecule has 3 rings (SSSR count). The second-order valence-electron chi connectivity index (χ2n) is 5.28. The number of hydrogen-bond acceptors (Lipinski definition) is 4. The quantitative estimate of drug-likeness (QED) is 0.895. The van der Waals surface area contributed by atoms with Crippen molar-refractivity contribution in [2.24, 2.45) is 4.99 Å². The molecule has 2 aromatic rings. The van der Waals surface area contributed by atoms with Gasteiger partial charge in [0.2, 0.25) is 5.96 Å². The molecule has 0 aliphatic carbocycles. The molecule has 0 spiro atoms. The van der Waals surface area contributed by atoms with E-state index in [0.29, 0.717) is 0 Å². The highest BCUT2D eigenvalue weighted by Crippen LogP contribution is 2.28. The Balaban J connectivity index is 1.86. The number of guanidine groups is 1. The largest absolute Gasteiger partial charge is 0.325 e. The molecular weight excluding hydrogens is 298 g/mol. The predicted octanol–water partition coefficient (Wildman–Crippen LogP) is 2.82. The fourth-order valence-corrected chi connectivity index (χ4v) is 3.32. The smallest absolute Gasteiger partial charge is 0.264 e. The van der Waals surface area contributed by atoms with Crippen LogP contribution < -0.4 is 10.0 Å². The Morgan fingerprint density at radius 1 is 1.09 bits per heavy atom. The number of nitrogens with one attached hydrogen (secondary N) is 2. The fraction of sp³-hybridized carbons (Fsp3) is 0.188. The third-order valence-electron chi connectivity index (χ3n) is 3.55. The molecule has 0 amide bonds. The number of aliphatic imine (C=N–C) groups is 1. The predicted molar refractivity (Wildman–Crippen MR) is 87.4 cm³/mol. The Morgan fingerprint density at radius 2 is 1.77 bits per heavy atom. The number of fused-ring (bicyclic) bond motifs is 1. The Bertz CT molecular complexity index is 827. The van der Waals surface area contributed by atoms with E-state index in [9.17, 15) is 8.42 Å². The van der Waals surface area contributed by atoms with Crippen LogP contribution in [0, 0.1) is 6.92 Å². The topological polar surface area (TPSA) is 70.6 Å². The SMILES string of the molecule is Cc1ccc(S(=O)(=O)NC2=N[C@@H](C)c3ccccc3N2)cc1. The third-order valence-corrected chi connectivity index (χ3v) is 4.90. The van der Waals surface area contributed by atoms with Crippen molar-refractivity contribution in [2.45, 2.75) is 24.8 Å². The first kappa shape index (κ1) is 14.6. The van der Waals surface area contributed by atoms with Crippen LogP contribution in [0.4, 0.5) is 5.69 Å². The van der Waals surface area contributed by atoms with Crippen molar-refractivity contribution in [2.75, 3.05) is 5.32 Å². The number of nitrogens with zero attached hydrogens (tertiary/aromatic N) is 1. The summed E-state index contributed by atoms with van der Waals surface area (Å²) in [5.74, 6) is 0.242. The second kappa shape index (κ2) is 5.46. The Kier molecular flexibility index (Phi) is 3.62. The molecule has 6 heteroatoms. The average Bonchev–Trinajstić information content (AvgIpc) is 2.47. The number of rotatable bonds is 2. The molecule has 0 fully saturated rings. The van der Waals surface area contributed by atoms with Crippen molar-refractivity contribution in [3.05, 3.63) is 59.7 Å².